The minimum absolute atomic E-state index is 0.138. The van der Waals surface area contributed by atoms with Crippen LogP contribution >= 0.6 is 23.2 Å². The van der Waals surface area contributed by atoms with E-state index in [0.717, 1.165) is 5.56 Å². The van der Waals surface area contributed by atoms with Crippen LogP contribution in [0, 0.1) is 13.8 Å². The fraction of sp³-hybridized carbons (Fsp3) is 0.0870. The predicted octanol–water partition coefficient (Wildman–Crippen LogP) is 5.95. The first-order chi connectivity index (χ1) is 14.8. The summed E-state index contributed by atoms with van der Waals surface area (Å²) in [5, 5.41) is 6.82. The van der Waals surface area contributed by atoms with E-state index in [2.05, 4.69) is 15.6 Å². The topological polar surface area (TPSA) is 76.0 Å². The third-order valence-electron chi connectivity index (χ3n) is 4.84. The van der Waals surface area contributed by atoms with Crippen LogP contribution in [0.25, 0.3) is 16.6 Å². The molecule has 8 heteroatoms. The van der Waals surface area contributed by atoms with Gasteiger partial charge in [-0.15, -0.1) is 0 Å². The van der Waals surface area contributed by atoms with Gasteiger partial charge in [0.1, 0.15) is 5.82 Å². The summed E-state index contributed by atoms with van der Waals surface area (Å²) in [4.78, 5) is 29.9. The highest BCUT2D eigenvalue weighted by Crippen LogP contribution is 2.25. The Morgan fingerprint density at radius 3 is 2.45 bits per heavy atom. The monoisotopic (exact) mass is 452 g/mol. The number of nitrogens with zero attached hydrogens (tertiary/aromatic N) is 2. The molecule has 0 saturated heterocycles. The molecule has 2 N–H and O–H groups in total. The van der Waals surface area contributed by atoms with Crippen LogP contribution in [0.2, 0.25) is 10.0 Å². The molecule has 0 aliphatic heterocycles. The molecule has 2 amide bonds. The number of para-hydroxylation sites is 1. The highest BCUT2D eigenvalue weighted by atomic mass is 35.5. The molecule has 0 radical (unpaired) electrons. The lowest BCUT2D eigenvalue weighted by Gasteiger charge is -2.14. The van der Waals surface area contributed by atoms with E-state index in [1.807, 2.05) is 31.2 Å². The lowest BCUT2D eigenvalue weighted by atomic mass is 10.1. The van der Waals surface area contributed by atoms with Gasteiger partial charge in [0.2, 0.25) is 0 Å². The highest BCUT2D eigenvalue weighted by Gasteiger charge is 2.12. The van der Waals surface area contributed by atoms with Gasteiger partial charge in [-0.1, -0.05) is 35.3 Å². The second kappa shape index (κ2) is 8.41. The molecule has 0 unspecified atom stereocenters. The largest absolute Gasteiger partial charge is 0.323 e. The molecule has 0 atom stereocenters. The number of hydrogen-bond donors (Lipinski definition) is 2. The zero-order valence-corrected chi connectivity index (χ0v) is 18.3. The lowest BCUT2D eigenvalue weighted by Crippen LogP contribution is -2.23. The van der Waals surface area contributed by atoms with E-state index in [4.69, 9.17) is 23.2 Å². The second-order valence-corrected chi connectivity index (χ2v) is 7.84. The minimum Gasteiger partial charge on any atom is -0.308 e. The lowest BCUT2D eigenvalue weighted by molar-refractivity contribution is 0.262. The third kappa shape index (κ3) is 4.26. The van der Waals surface area contributed by atoms with Gasteiger partial charge >= 0.3 is 6.03 Å². The van der Waals surface area contributed by atoms with Crippen LogP contribution < -0.4 is 16.2 Å². The number of anilines is 2. The van der Waals surface area contributed by atoms with Crippen molar-refractivity contribution in [2.75, 3.05) is 10.6 Å². The van der Waals surface area contributed by atoms with Gasteiger partial charge in [0, 0.05) is 11.4 Å². The molecule has 156 valence electrons. The molecule has 1 aromatic heterocycles. The van der Waals surface area contributed by atoms with Crippen LogP contribution in [0.4, 0.5) is 16.2 Å². The minimum atomic E-state index is -0.421. The fourth-order valence-electron chi connectivity index (χ4n) is 3.33. The number of benzene rings is 3. The molecule has 0 saturated carbocycles. The molecule has 0 aliphatic rings. The van der Waals surface area contributed by atoms with E-state index >= 15 is 0 Å². The van der Waals surface area contributed by atoms with Crippen LogP contribution in [0.15, 0.2) is 65.5 Å². The molecule has 4 aromatic rings. The van der Waals surface area contributed by atoms with Crippen molar-refractivity contribution in [2.24, 2.45) is 0 Å². The first kappa shape index (κ1) is 20.9. The molecule has 0 aliphatic carbocycles. The summed E-state index contributed by atoms with van der Waals surface area (Å²) in [7, 11) is 0. The maximum absolute atomic E-state index is 13.0. The van der Waals surface area contributed by atoms with Crippen molar-refractivity contribution in [3.63, 3.8) is 0 Å². The zero-order valence-electron chi connectivity index (χ0n) is 16.7. The number of nitrogens with one attached hydrogen (secondary N) is 2. The number of amides is 2. The number of aromatic nitrogens is 2. The maximum atomic E-state index is 13.0. The standard InChI is InChI=1S/C23H18Cl2N4O2/c1-13-11-16(29-14(2)26-21-6-4-3-5-17(21)22(29)30)8-10-20(13)28-23(31)27-15-7-9-18(24)19(25)12-15/h3-12H,1-2H3,(H2,27,28,31). The molecule has 6 nitrogen and oxygen atoms in total. The van der Waals surface area contributed by atoms with Crippen molar-refractivity contribution in [3.05, 3.63) is 92.5 Å². The van der Waals surface area contributed by atoms with E-state index in [0.29, 0.717) is 43.8 Å². The van der Waals surface area contributed by atoms with E-state index in [1.165, 1.54) is 0 Å². The first-order valence-corrected chi connectivity index (χ1v) is 10.2. The van der Waals surface area contributed by atoms with Crippen molar-refractivity contribution in [3.8, 4) is 5.69 Å². The quantitative estimate of drug-likeness (QED) is 0.402. The van der Waals surface area contributed by atoms with Gasteiger partial charge in [0.15, 0.2) is 0 Å². The van der Waals surface area contributed by atoms with Gasteiger partial charge in [-0.25, -0.2) is 9.78 Å². The van der Waals surface area contributed by atoms with Crippen LogP contribution in [-0.4, -0.2) is 15.6 Å². The number of carbonyl (C=O) groups is 1. The Morgan fingerprint density at radius 2 is 1.71 bits per heavy atom. The van der Waals surface area contributed by atoms with E-state index < -0.39 is 6.03 Å². The summed E-state index contributed by atoms with van der Waals surface area (Å²) in [6.45, 7) is 3.65. The van der Waals surface area contributed by atoms with Crippen molar-refractivity contribution in [2.45, 2.75) is 13.8 Å². The van der Waals surface area contributed by atoms with Gasteiger partial charge in [0.05, 0.1) is 26.6 Å². The molecule has 3 aromatic carbocycles. The van der Waals surface area contributed by atoms with Crippen molar-refractivity contribution in [1.29, 1.82) is 0 Å². The van der Waals surface area contributed by atoms with Gasteiger partial charge in [-0.05, 0) is 67.9 Å². The average Bonchev–Trinajstić information content (AvgIpc) is 2.73. The summed E-state index contributed by atoms with van der Waals surface area (Å²) in [6, 6.07) is 17.0. The number of halogens is 2. The molecule has 0 fully saturated rings. The van der Waals surface area contributed by atoms with E-state index in [9.17, 15) is 9.59 Å². The molecular formula is C23H18Cl2N4O2. The Kier molecular flexibility index (Phi) is 5.67. The molecule has 4 rings (SSSR count). The maximum Gasteiger partial charge on any atom is 0.323 e. The summed E-state index contributed by atoms with van der Waals surface area (Å²) in [5.74, 6) is 0.584. The molecule has 0 bridgehead atoms. The van der Waals surface area contributed by atoms with Gasteiger partial charge in [0.25, 0.3) is 5.56 Å². The van der Waals surface area contributed by atoms with Crippen LogP contribution in [-0.2, 0) is 0 Å². The molecule has 0 spiro atoms. The highest BCUT2D eigenvalue weighted by molar-refractivity contribution is 6.42. The normalized spacial score (nSPS) is 10.8. The van der Waals surface area contributed by atoms with Crippen molar-refractivity contribution in [1.82, 2.24) is 9.55 Å². The Hall–Kier alpha value is -3.35. The Balaban J connectivity index is 1.60. The fourth-order valence-corrected chi connectivity index (χ4v) is 3.63. The van der Waals surface area contributed by atoms with Gasteiger partial charge in [-0.2, -0.15) is 0 Å². The second-order valence-electron chi connectivity index (χ2n) is 7.02. The van der Waals surface area contributed by atoms with E-state index in [1.54, 1.807) is 47.9 Å². The zero-order chi connectivity index (χ0) is 22.1. The first-order valence-electron chi connectivity index (χ1n) is 9.46. The van der Waals surface area contributed by atoms with Crippen LogP contribution in [0.3, 0.4) is 0 Å². The van der Waals surface area contributed by atoms with Crippen LogP contribution in [0.1, 0.15) is 11.4 Å². The molecular weight excluding hydrogens is 435 g/mol. The average molecular weight is 453 g/mol. The summed E-state index contributed by atoms with van der Waals surface area (Å²) >= 11 is 11.9. The van der Waals surface area contributed by atoms with Crippen molar-refractivity contribution < 1.29 is 4.79 Å². The third-order valence-corrected chi connectivity index (χ3v) is 5.58. The summed E-state index contributed by atoms with van der Waals surface area (Å²) < 4.78 is 1.56. The Bertz CT molecular complexity index is 1380. The molecule has 31 heavy (non-hydrogen) atoms. The summed E-state index contributed by atoms with van der Waals surface area (Å²) in [6.07, 6.45) is 0. The van der Waals surface area contributed by atoms with Gasteiger partial charge in [-0.3, -0.25) is 9.36 Å². The number of hydrogen-bond acceptors (Lipinski definition) is 3. The number of carbonyl (C=O) groups excluding carboxylic acids is 1. The smallest absolute Gasteiger partial charge is 0.308 e. The number of aryl methyl sites for hydroxylation is 2. The van der Waals surface area contributed by atoms with Crippen LogP contribution in [0.5, 0.6) is 0 Å². The number of urea groups is 1. The Labute approximate surface area is 188 Å². The number of rotatable bonds is 3. The van der Waals surface area contributed by atoms with E-state index in [-0.39, 0.29) is 5.56 Å². The molecule has 1 heterocycles. The predicted molar refractivity (Wildman–Crippen MR) is 126 cm³/mol. The Morgan fingerprint density at radius 1 is 0.935 bits per heavy atom. The number of fused-ring (bicyclic) bond motifs is 1. The van der Waals surface area contributed by atoms with Crippen molar-refractivity contribution >= 4 is 51.5 Å². The SMILES string of the molecule is Cc1cc(-n2c(C)nc3ccccc3c2=O)ccc1NC(=O)Nc1ccc(Cl)c(Cl)c1. The summed E-state index contributed by atoms with van der Waals surface area (Å²) in [5.41, 5.74) is 3.12. The van der Waals surface area contributed by atoms with Gasteiger partial charge < -0.3 is 10.6 Å².